The number of carboxylic acid groups (broad SMARTS) is 2. The summed E-state index contributed by atoms with van der Waals surface area (Å²) in [6, 6.07) is 7.90. The number of carboxylic acids is 2. The molecule has 2 rings (SSSR count). The molecule has 1 aliphatic carbocycles. The number of rotatable bonds is 6. The zero-order chi connectivity index (χ0) is 16.9. The zero-order valence-corrected chi connectivity index (χ0v) is 12.8. The van der Waals surface area contributed by atoms with Gasteiger partial charge in [0.05, 0.1) is 11.8 Å². The average Bonchev–Trinajstić information content (AvgIpc) is 2.55. The molecule has 6 nitrogen and oxygen atoms in total. The van der Waals surface area contributed by atoms with Crippen LogP contribution in [0.1, 0.15) is 44.1 Å². The molecule has 1 amide bonds. The Morgan fingerprint density at radius 1 is 1.04 bits per heavy atom. The fourth-order valence-corrected chi connectivity index (χ4v) is 3.23. The minimum atomic E-state index is -1.41. The van der Waals surface area contributed by atoms with Crippen LogP contribution in [0.5, 0.6) is 0 Å². The number of hydrogen-bond donors (Lipinski definition) is 3. The van der Waals surface area contributed by atoms with Crippen LogP contribution in [-0.4, -0.2) is 34.1 Å². The highest BCUT2D eigenvalue weighted by atomic mass is 16.4. The molecule has 0 radical (unpaired) electrons. The molecule has 3 N–H and O–H groups in total. The number of carbonyl (C=O) groups is 3. The molecule has 1 saturated carbocycles. The smallest absolute Gasteiger partial charge is 0.326 e. The van der Waals surface area contributed by atoms with Gasteiger partial charge in [0.15, 0.2) is 0 Å². The van der Waals surface area contributed by atoms with Gasteiger partial charge in [-0.15, -0.1) is 0 Å². The van der Waals surface area contributed by atoms with Crippen molar-refractivity contribution in [2.24, 2.45) is 0 Å². The first kappa shape index (κ1) is 17.0. The highest BCUT2D eigenvalue weighted by molar-refractivity contribution is 5.92. The van der Waals surface area contributed by atoms with Crippen molar-refractivity contribution in [3.05, 3.63) is 35.9 Å². The fourth-order valence-electron chi connectivity index (χ4n) is 3.23. The van der Waals surface area contributed by atoms with Gasteiger partial charge in [-0.05, 0) is 18.4 Å². The molecule has 6 heteroatoms. The second-order valence-electron chi connectivity index (χ2n) is 5.97. The number of benzene rings is 1. The highest BCUT2D eigenvalue weighted by Gasteiger charge is 2.42. The summed E-state index contributed by atoms with van der Waals surface area (Å²) in [5, 5.41) is 20.4. The Morgan fingerprint density at radius 2 is 1.65 bits per heavy atom. The van der Waals surface area contributed by atoms with E-state index in [2.05, 4.69) is 5.32 Å². The van der Waals surface area contributed by atoms with Crippen molar-refractivity contribution < 1.29 is 24.6 Å². The molecule has 23 heavy (non-hydrogen) atoms. The van der Waals surface area contributed by atoms with Crippen LogP contribution < -0.4 is 5.32 Å². The van der Waals surface area contributed by atoms with Gasteiger partial charge in [-0.3, -0.25) is 9.59 Å². The minimum absolute atomic E-state index is 0.392. The van der Waals surface area contributed by atoms with Gasteiger partial charge in [0, 0.05) is 0 Å². The standard InChI is InChI=1S/C17H21NO5/c19-14(20)11-13(15(21)22)18-16(23)17(9-5-2-6-10-17)12-7-3-1-4-8-12/h1,3-4,7-8,13H,2,5-6,9-11H2,(H,18,23)(H,19,20)(H,21,22)/t13-/m0/s1. The van der Waals surface area contributed by atoms with E-state index in [1.807, 2.05) is 30.3 Å². The van der Waals surface area contributed by atoms with Crippen molar-refractivity contribution in [2.45, 2.75) is 50.0 Å². The minimum Gasteiger partial charge on any atom is -0.481 e. The monoisotopic (exact) mass is 319 g/mol. The maximum absolute atomic E-state index is 12.8. The first-order valence-electron chi connectivity index (χ1n) is 7.77. The third-order valence-electron chi connectivity index (χ3n) is 4.45. The highest BCUT2D eigenvalue weighted by Crippen LogP contribution is 2.39. The maximum Gasteiger partial charge on any atom is 0.326 e. The van der Waals surface area contributed by atoms with E-state index in [0.717, 1.165) is 24.8 Å². The van der Waals surface area contributed by atoms with Crippen molar-refractivity contribution >= 4 is 17.8 Å². The summed E-state index contributed by atoms with van der Waals surface area (Å²) >= 11 is 0. The maximum atomic E-state index is 12.8. The van der Waals surface area contributed by atoms with Crippen molar-refractivity contribution in [1.82, 2.24) is 5.32 Å². The third kappa shape index (κ3) is 3.88. The Balaban J connectivity index is 2.27. The SMILES string of the molecule is O=C(O)C[C@H](NC(=O)C1(c2ccccc2)CCCCC1)C(=O)O. The van der Waals surface area contributed by atoms with Crippen LogP contribution in [0.15, 0.2) is 30.3 Å². The predicted octanol–water partition coefficient (Wildman–Crippen LogP) is 1.93. The first-order valence-corrected chi connectivity index (χ1v) is 7.77. The molecule has 1 fully saturated rings. The van der Waals surface area contributed by atoms with E-state index >= 15 is 0 Å². The Labute approximate surface area is 134 Å². The molecule has 0 heterocycles. The number of carbonyl (C=O) groups excluding carboxylic acids is 1. The molecule has 1 atom stereocenters. The molecule has 0 aromatic heterocycles. The molecule has 0 aliphatic heterocycles. The van der Waals surface area contributed by atoms with Crippen LogP contribution in [0.2, 0.25) is 0 Å². The summed E-state index contributed by atoms with van der Waals surface area (Å²) in [6.45, 7) is 0. The zero-order valence-electron chi connectivity index (χ0n) is 12.8. The normalized spacial score (nSPS) is 17.9. The quantitative estimate of drug-likeness (QED) is 0.743. The number of nitrogens with one attached hydrogen (secondary N) is 1. The Hall–Kier alpha value is -2.37. The molecule has 1 aliphatic rings. The molecule has 0 unspecified atom stereocenters. The molecule has 1 aromatic rings. The van der Waals surface area contributed by atoms with Gasteiger partial charge >= 0.3 is 11.9 Å². The van der Waals surface area contributed by atoms with Crippen LogP contribution in [0, 0.1) is 0 Å². The topological polar surface area (TPSA) is 104 Å². The summed E-state index contributed by atoms with van der Waals surface area (Å²) in [5.41, 5.74) is 0.0859. The molecule has 1 aromatic carbocycles. The van der Waals surface area contributed by atoms with E-state index in [1.54, 1.807) is 0 Å². The Morgan fingerprint density at radius 3 is 2.17 bits per heavy atom. The van der Waals surface area contributed by atoms with Gasteiger partial charge in [0.25, 0.3) is 0 Å². The van der Waals surface area contributed by atoms with Crippen LogP contribution in [0.4, 0.5) is 0 Å². The second-order valence-corrected chi connectivity index (χ2v) is 5.97. The third-order valence-corrected chi connectivity index (χ3v) is 4.45. The van der Waals surface area contributed by atoms with Crippen molar-refractivity contribution in [3.63, 3.8) is 0 Å². The van der Waals surface area contributed by atoms with Crippen LogP contribution in [0.25, 0.3) is 0 Å². The summed E-state index contributed by atoms with van der Waals surface area (Å²) in [7, 11) is 0. The van der Waals surface area contributed by atoms with Gasteiger partial charge in [-0.1, -0.05) is 49.6 Å². The van der Waals surface area contributed by atoms with Gasteiger partial charge in [-0.25, -0.2) is 4.79 Å². The van der Waals surface area contributed by atoms with Crippen molar-refractivity contribution in [1.29, 1.82) is 0 Å². The molecule has 0 bridgehead atoms. The summed E-state index contributed by atoms with van der Waals surface area (Å²) in [4.78, 5) is 34.9. The lowest BCUT2D eigenvalue weighted by Crippen LogP contribution is -2.52. The van der Waals surface area contributed by atoms with Crippen molar-refractivity contribution in [3.8, 4) is 0 Å². The average molecular weight is 319 g/mol. The lowest BCUT2D eigenvalue weighted by molar-refractivity contribution is -0.148. The van der Waals surface area contributed by atoms with E-state index < -0.39 is 35.7 Å². The van der Waals surface area contributed by atoms with Crippen LogP contribution in [-0.2, 0) is 19.8 Å². The summed E-state index contributed by atoms with van der Waals surface area (Å²) in [5.74, 6) is -2.98. The van der Waals surface area contributed by atoms with Crippen molar-refractivity contribution in [2.75, 3.05) is 0 Å². The molecular weight excluding hydrogens is 298 g/mol. The van der Waals surface area contributed by atoms with Crippen LogP contribution >= 0.6 is 0 Å². The predicted molar refractivity (Wildman–Crippen MR) is 83.0 cm³/mol. The molecular formula is C17H21NO5. The van der Waals surface area contributed by atoms with E-state index in [-0.39, 0.29) is 0 Å². The lowest BCUT2D eigenvalue weighted by Gasteiger charge is -2.37. The van der Waals surface area contributed by atoms with E-state index in [0.29, 0.717) is 12.8 Å². The van der Waals surface area contributed by atoms with E-state index in [4.69, 9.17) is 10.2 Å². The largest absolute Gasteiger partial charge is 0.481 e. The fraction of sp³-hybridized carbons (Fsp3) is 0.471. The van der Waals surface area contributed by atoms with Gasteiger partial charge in [-0.2, -0.15) is 0 Å². The van der Waals surface area contributed by atoms with Crippen LogP contribution in [0.3, 0.4) is 0 Å². The lowest BCUT2D eigenvalue weighted by atomic mass is 9.68. The second kappa shape index (κ2) is 7.26. The number of amides is 1. The van der Waals surface area contributed by atoms with E-state index in [9.17, 15) is 14.4 Å². The van der Waals surface area contributed by atoms with E-state index in [1.165, 1.54) is 0 Å². The summed E-state index contributed by atoms with van der Waals surface area (Å²) in [6.07, 6.45) is 3.47. The summed E-state index contributed by atoms with van der Waals surface area (Å²) < 4.78 is 0. The Bertz CT molecular complexity index is 578. The number of hydrogen-bond acceptors (Lipinski definition) is 3. The van der Waals surface area contributed by atoms with Gasteiger partial charge < -0.3 is 15.5 Å². The first-order chi connectivity index (χ1) is 11.0. The van der Waals surface area contributed by atoms with Gasteiger partial charge in [0.1, 0.15) is 6.04 Å². The van der Waals surface area contributed by atoms with Gasteiger partial charge in [0.2, 0.25) is 5.91 Å². The molecule has 124 valence electrons. The molecule has 0 spiro atoms. The molecule has 0 saturated heterocycles. The number of aliphatic carboxylic acids is 2. The Kier molecular flexibility index (Phi) is 5.36.